The van der Waals surface area contributed by atoms with Gasteiger partial charge in [0.2, 0.25) is 0 Å². The van der Waals surface area contributed by atoms with E-state index in [1.807, 2.05) is 6.92 Å². The van der Waals surface area contributed by atoms with Crippen LogP contribution in [0.5, 0.6) is 11.5 Å². The van der Waals surface area contributed by atoms with Gasteiger partial charge in [0, 0.05) is 18.7 Å². The summed E-state index contributed by atoms with van der Waals surface area (Å²) in [5, 5.41) is 2.75. The summed E-state index contributed by atoms with van der Waals surface area (Å²) in [6.45, 7) is -0.358. The molecule has 0 saturated carbocycles. The zero-order valence-corrected chi connectivity index (χ0v) is 17.8. The Hall–Kier alpha value is -3.49. The van der Waals surface area contributed by atoms with Crippen LogP contribution in [0.4, 0.5) is 8.78 Å². The van der Waals surface area contributed by atoms with E-state index in [-0.39, 0.29) is 46.9 Å². The van der Waals surface area contributed by atoms with Gasteiger partial charge in [-0.05, 0) is 48.7 Å². The molecule has 0 fully saturated rings. The number of benzene rings is 2. The molecule has 0 unspecified atom stereocenters. The number of nitrogens with one attached hydrogen (secondary N) is 1. The molecule has 170 valence electrons. The van der Waals surface area contributed by atoms with Crippen molar-refractivity contribution in [2.24, 2.45) is 0 Å². The van der Waals surface area contributed by atoms with Crippen LogP contribution in [0.15, 0.2) is 36.4 Å². The van der Waals surface area contributed by atoms with Crippen LogP contribution in [0.1, 0.15) is 56.4 Å². The number of halogens is 2. The van der Waals surface area contributed by atoms with Crippen molar-refractivity contribution in [3.63, 3.8) is 0 Å². The Bertz CT molecular complexity index is 1030. The standard InChI is InChI=1S/C23H24F2N2O5/c1-3-4-11-27-21(29)16-7-6-15(13-17(16)22(27)30)20(28)26-10-9-14-5-8-18(32-23(24)25)19(12-14)31-2/h5-8,12-13,23H,3-4,9-11H2,1-2H3,(H,26,28). The summed E-state index contributed by atoms with van der Waals surface area (Å²) in [6, 6.07) is 9.02. The second kappa shape index (κ2) is 10.2. The molecule has 2 aromatic rings. The molecule has 1 aliphatic heterocycles. The third-order valence-corrected chi connectivity index (χ3v) is 5.11. The quantitative estimate of drug-likeness (QED) is 0.563. The zero-order valence-electron chi connectivity index (χ0n) is 17.8. The number of carbonyl (C=O) groups excluding carboxylic acids is 3. The first-order chi connectivity index (χ1) is 15.3. The minimum Gasteiger partial charge on any atom is -0.493 e. The zero-order chi connectivity index (χ0) is 23.3. The van der Waals surface area contributed by atoms with Gasteiger partial charge in [0.15, 0.2) is 11.5 Å². The average Bonchev–Trinajstić information content (AvgIpc) is 3.02. The van der Waals surface area contributed by atoms with Gasteiger partial charge in [0.1, 0.15) is 0 Å². The van der Waals surface area contributed by atoms with Gasteiger partial charge in [-0.15, -0.1) is 0 Å². The highest BCUT2D eigenvalue weighted by molar-refractivity contribution is 6.22. The summed E-state index contributed by atoms with van der Waals surface area (Å²) in [7, 11) is 1.35. The van der Waals surface area contributed by atoms with E-state index in [4.69, 9.17) is 4.74 Å². The number of ether oxygens (including phenoxy) is 2. The number of alkyl halides is 2. The molecule has 3 amide bonds. The van der Waals surface area contributed by atoms with Gasteiger partial charge in [0.25, 0.3) is 17.7 Å². The van der Waals surface area contributed by atoms with Gasteiger partial charge in [0.05, 0.1) is 18.2 Å². The van der Waals surface area contributed by atoms with Crippen LogP contribution in [0.2, 0.25) is 0 Å². The Morgan fingerprint density at radius 3 is 2.50 bits per heavy atom. The lowest BCUT2D eigenvalue weighted by molar-refractivity contribution is -0.0512. The maximum absolute atomic E-state index is 12.5. The van der Waals surface area contributed by atoms with Crippen LogP contribution in [-0.4, -0.2) is 49.4 Å². The molecule has 0 saturated heterocycles. The molecule has 0 spiro atoms. The Kier molecular flexibility index (Phi) is 7.40. The van der Waals surface area contributed by atoms with Crippen LogP contribution in [0, 0.1) is 0 Å². The van der Waals surface area contributed by atoms with E-state index in [2.05, 4.69) is 10.1 Å². The van der Waals surface area contributed by atoms with Crippen molar-refractivity contribution in [2.75, 3.05) is 20.2 Å². The summed E-state index contributed by atoms with van der Waals surface area (Å²) >= 11 is 0. The maximum Gasteiger partial charge on any atom is 0.387 e. The predicted molar refractivity (Wildman–Crippen MR) is 112 cm³/mol. The Balaban J connectivity index is 1.62. The van der Waals surface area contributed by atoms with Crippen molar-refractivity contribution < 1.29 is 32.6 Å². The van der Waals surface area contributed by atoms with E-state index >= 15 is 0 Å². The van der Waals surface area contributed by atoms with E-state index in [9.17, 15) is 23.2 Å². The van der Waals surface area contributed by atoms with E-state index < -0.39 is 6.61 Å². The summed E-state index contributed by atoms with van der Waals surface area (Å²) in [5.74, 6) is -1.00. The molecule has 0 radical (unpaired) electrons. The molecule has 0 aromatic heterocycles. The fraction of sp³-hybridized carbons (Fsp3) is 0.348. The topological polar surface area (TPSA) is 84.9 Å². The number of methoxy groups -OCH3 is 1. The molecule has 0 bridgehead atoms. The first kappa shape index (κ1) is 23.2. The number of unbranched alkanes of at least 4 members (excludes halogenated alkanes) is 1. The van der Waals surface area contributed by atoms with Crippen LogP contribution in [0.25, 0.3) is 0 Å². The van der Waals surface area contributed by atoms with E-state index in [0.717, 1.165) is 18.4 Å². The van der Waals surface area contributed by atoms with Gasteiger partial charge < -0.3 is 14.8 Å². The van der Waals surface area contributed by atoms with Crippen molar-refractivity contribution in [3.05, 3.63) is 58.7 Å². The van der Waals surface area contributed by atoms with Crippen molar-refractivity contribution in [1.29, 1.82) is 0 Å². The Morgan fingerprint density at radius 1 is 1.06 bits per heavy atom. The normalized spacial score (nSPS) is 12.8. The molecule has 1 N–H and O–H groups in total. The number of carbonyl (C=O) groups is 3. The summed E-state index contributed by atoms with van der Waals surface area (Å²) in [6.07, 6.45) is 2.00. The Labute approximate surface area is 184 Å². The lowest BCUT2D eigenvalue weighted by Crippen LogP contribution is -2.30. The summed E-state index contributed by atoms with van der Waals surface area (Å²) < 4.78 is 34.3. The molecule has 0 atom stereocenters. The largest absolute Gasteiger partial charge is 0.493 e. The fourth-order valence-corrected chi connectivity index (χ4v) is 3.43. The lowest BCUT2D eigenvalue weighted by atomic mass is 10.1. The number of hydrogen-bond acceptors (Lipinski definition) is 5. The van der Waals surface area contributed by atoms with Crippen molar-refractivity contribution >= 4 is 17.7 Å². The van der Waals surface area contributed by atoms with Gasteiger partial charge in [-0.1, -0.05) is 19.4 Å². The number of fused-ring (bicyclic) bond motifs is 1. The van der Waals surface area contributed by atoms with E-state index in [1.165, 1.54) is 36.3 Å². The van der Waals surface area contributed by atoms with Gasteiger partial charge in [-0.3, -0.25) is 19.3 Å². The van der Waals surface area contributed by atoms with Gasteiger partial charge in [-0.2, -0.15) is 8.78 Å². The lowest BCUT2D eigenvalue weighted by Gasteiger charge is -2.12. The fourth-order valence-electron chi connectivity index (χ4n) is 3.43. The van der Waals surface area contributed by atoms with E-state index in [0.29, 0.717) is 18.5 Å². The summed E-state index contributed by atoms with van der Waals surface area (Å²) in [5.41, 5.74) is 1.57. The SMILES string of the molecule is CCCCN1C(=O)c2ccc(C(=O)NCCc3ccc(OC(F)F)c(OC)c3)cc2C1=O. The van der Waals surface area contributed by atoms with Gasteiger partial charge >= 0.3 is 6.61 Å². The van der Waals surface area contributed by atoms with Gasteiger partial charge in [-0.25, -0.2) is 0 Å². The molecule has 32 heavy (non-hydrogen) atoms. The maximum atomic E-state index is 12.5. The third-order valence-electron chi connectivity index (χ3n) is 5.11. The smallest absolute Gasteiger partial charge is 0.387 e. The average molecular weight is 446 g/mol. The molecular weight excluding hydrogens is 422 g/mol. The molecular formula is C23H24F2N2O5. The molecule has 1 heterocycles. The first-order valence-corrected chi connectivity index (χ1v) is 10.3. The van der Waals surface area contributed by atoms with Crippen LogP contribution in [0.3, 0.4) is 0 Å². The first-order valence-electron chi connectivity index (χ1n) is 10.3. The second-order valence-electron chi connectivity index (χ2n) is 7.25. The predicted octanol–water partition coefficient (Wildman–Crippen LogP) is 3.67. The highest BCUT2D eigenvalue weighted by atomic mass is 19.3. The molecule has 1 aliphatic rings. The highest BCUT2D eigenvalue weighted by Crippen LogP contribution is 2.29. The second-order valence-corrected chi connectivity index (χ2v) is 7.25. The van der Waals surface area contributed by atoms with Crippen molar-refractivity contribution in [1.82, 2.24) is 10.2 Å². The Morgan fingerprint density at radius 2 is 1.81 bits per heavy atom. The molecule has 2 aromatic carbocycles. The number of hydrogen-bond donors (Lipinski definition) is 1. The minimum absolute atomic E-state index is 0.0689. The number of nitrogens with zero attached hydrogens (tertiary/aromatic N) is 1. The van der Waals surface area contributed by atoms with Crippen molar-refractivity contribution in [2.45, 2.75) is 32.8 Å². The van der Waals surface area contributed by atoms with Crippen molar-refractivity contribution in [3.8, 4) is 11.5 Å². The summed E-state index contributed by atoms with van der Waals surface area (Å²) in [4.78, 5) is 38.7. The highest BCUT2D eigenvalue weighted by Gasteiger charge is 2.35. The van der Waals surface area contributed by atoms with E-state index in [1.54, 1.807) is 12.1 Å². The number of rotatable bonds is 10. The molecule has 3 rings (SSSR count). The molecule has 9 heteroatoms. The number of imide groups is 1. The third kappa shape index (κ3) is 5.04. The van der Waals surface area contributed by atoms with Crippen LogP contribution in [-0.2, 0) is 6.42 Å². The number of amides is 3. The molecule has 7 nitrogen and oxygen atoms in total. The minimum atomic E-state index is -2.96. The monoisotopic (exact) mass is 446 g/mol. The van der Waals surface area contributed by atoms with Crippen LogP contribution >= 0.6 is 0 Å². The molecule has 0 aliphatic carbocycles. The van der Waals surface area contributed by atoms with Crippen LogP contribution < -0.4 is 14.8 Å².